The molecule has 0 fully saturated rings. The summed E-state index contributed by atoms with van der Waals surface area (Å²) in [5.74, 6) is -0.414. The summed E-state index contributed by atoms with van der Waals surface area (Å²) in [5, 5.41) is 18.3. The minimum Gasteiger partial charge on any atom is -0.489 e. The Kier molecular flexibility index (Phi) is 15.8. The molecule has 0 radical (unpaired) electrons. The molecule has 0 aromatic heterocycles. The molecule has 1 rings (SSSR count). The van der Waals surface area contributed by atoms with E-state index in [9.17, 15) is 9.90 Å². The Morgan fingerprint density at radius 1 is 0.767 bits per heavy atom. The van der Waals surface area contributed by atoms with Crippen LogP contribution >= 0.6 is 0 Å². The predicted octanol–water partition coefficient (Wildman–Crippen LogP) is 6.62. The lowest BCUT2D eigenvalue weighted by Crippen LogP contribution is -2.09. The highest BCUT2D eigenvalue weighted by Gasteiger charge is 2.16. The zero-order valence-electron chi connectivity index (χ0n) is 18.9. The summed E-state index contributed by atoms with van der Waals surface area (Å²) in [4.78, 5) is 11.4. The zero-order chi connectivity index (χ0) is 21.9. The quantitative estimate of drug-likeness (QED) is 0.231. The van der Waals surface area contributed by atoms with Crippen LogP contribution in [0.2, 0.25) is 0 Å². The molecule has 0 aliphatic carbocycles. The molecule has 0 bridgehead atoms. The summed E-state index contributed by atoms with van der Waals surface area (Å²) in [6.07, 6.45) is 18.1. The van der Waals surface area contributed by atoms with Crippen LogP contribution in [0.25, 0.3) is 0 Å². The molecule has 5 heteroatoms. The third kappa shape index (κ3) is 12.1. The number of para-hydroxylation sites is 1. The van der Waals surface area contributed by atoms with Crippen molar-refractivity contribution in [3.63, 3.8) is 0 Å². The first kappa shape index (κ1) is 26.3. The molecule has 0 saturated carbocycles. The van der Waals surface area contributed by atoms with E-state index in [1.807, 2.05) is 0 Å². The van der Waals surface area contributed by atoms with E-state index >= 15 is 0 Å². The van der Waals surface area contributed by atoms with Crippen molar-refractivity contribution in [2.24, 2.45) is 0 Å². The zero-order valence-corrected chi connectivity index (χ0v) is 18.9. The predicted molar refractivity (Wildman–Crippen MR) is 122 cm³/mol. The fraction of sp³-hybridized carbons (Fsp3) is 0.720. The summed E-state index contributed by atoms with van der Waals surface area (Å²) < 4.78 is 11.2. The van der Waals surface area contributed by atoms with Gasteiger partial charge in [-0.2, -0.15) is 0 Å². The maximum Gasteiger partial charge on any atom is 0.339 e. The van der Waals surface area contributed by atoms with Gasteiger partial charge < -0.3 is 19.7 Å². The van der Waals surface area contributed by atoms with Gasteiger partial charge in [-0.05, 0) is 18.6 Å². The molecular formula is C25H42O5. The van der Waals surface area contributed by atoms with E-state index in [0.29, 0.717) is 12.4 Å². The number of aliphatic hydroxyl groups excluding tert-OH is 1. The SMILES string of the molecule is CCCCCCCCCCCCCCCCOc1c(OCCO)cccc1C(=O)O. The van der Waals surface area contributed by atoms with E-state index in [2.05, 4.69) is 6.92 Å². The Morgan fingerprint density at radius 2 is 1.30 bits per heavy atom. The second kappa shape index (κ2) is 18.1. The van der Waals surface area contributed by atoms with Crippen LogP contribution in [0.1, 0.15) is 107 Å². The molecule has 1 aromatic carbocycles. The lowest BCUT2D eigenvalue weighted by Gasteiger charge is -2.14. The fourth-order valence-corrected chi connectivity index (χ4v) is 3.57. The average molecular weight is 423 g/mol. The molecule has 0 aliphatic rings. The van der Waals surface area contributed by atoms with Crippen molar-refractivity contribution >= 4 is 5.97 Å². The Balaban J connectivity index is 2.09. The monoisotopic (exact) mass is 422 g/mol. The molecule has 2 N–H and O–H groups in total. The normalized spacial score (nSPS) is 10.9. The standard InChI is InChI=1S/C25H42O5/c1-2-3-4-5-6-7-8-9-10-11-12-13-14-15-20-30-24-22(25(27)28)17-16-18-23(24)29-21-19-26/h16-18,26H,2-15,19-21H2,1H3,(H,27,28). The van der Waals surface area contributed by atoms with Crippen LogP contribution in [0.5, 0.6) is 11.5 Å². The van der Waals surface area contributed by atoms with Gasteiger partial charge in [0.1, 0.15) is 12.2 Å². The van der Waals surface area contributed by atoms with E-state index in [0.717, 1.165) is 12.8 Å². The number of unbranched alkanes of at least 4 members (excludes halogenated alkanes) is 13. The van der Waals surface area contributed by atoms with Gasteiger partial charge in [0.15, 0.2) is 11.5 Å². The highest BCUT2D eigenvalue weighted by atomic mass is 16.5. The highest BCUT2D eigenvalue weighted by Crippen LogP contribution is 2.31. The molecule has 0 saturated heterocycles. The number of aliphatic hydroxyl groups is 1. The number of carbonyl (C=O) groups is 1. The van der Waals surface area contributed by atoms with Crippen LogP contribution in [-0.2, 0) is 0 Å². The molecule has 0 amide bonds. The molecule has 0 heterocycles. The minimum atomic E-state index is -1.04. The second-order valence-corrected chi connectivity index (χ2v) is 7.95. The van der Waals surface area contributed by atoms with E-state index in [1.165, 1.54) is 83.1 Å². The van der Waals surface area contributed by atoms with Gasteiger partial charge in [-0.1, -0.05) is 96.5 Å². The molecule has 0 unspecified atom stereocenters. The highest BCUT2D eigenvalue weighted by molar-refractivity contribution is 5.92. The van der Waals surface area contributed by atoms with E-state index in [-0.39, 0.29) is 24.5 Å². The smallest absolute Gasteiger partial charge is 0.339 e. The summed E-state index contributed by atoms with van der Waals surface area (Å²) in [5.41, 5.74) is 0.0933. The molecule has 0 atom stereocenters. The topological polar surface area (TPSA) is 76.0 Å². The average Bonchev–Trinajstić information content (AvgIpc) is 2.75. The van der Waals surface area contributed by atoms with Crippen molar-refractivity contribution in [1.29, 1.82) is 0 Å². The molecule has 30 heavy (non-hydrogen) atoms. The largest absolute Gasteiger partial charge is 0.489 e. The van der Waals surface area contributed by atoms with Crippen LogP contribution in [-0.4, -0.2) is 36.0 Å². The lowest BCUT2D eigenvalue weighted by molar-refractivity contribution is 0.0691. The molecule has 1 aromatic rings. The van der Waals surface area contributed by atoms with Gasteiger partial charge in [0.2, 0.25) is 0 Å². The number of hydrogen-bond acceptors (Lipinski definition) is 4. The Morgan fingerprint density at radius 3 is 1.80 bits per heavy atom. The first-order valence-electron chi connectivity index (χ1n) is 11.9. The first-order valence-corrected chi connectivity index (χ1v) is 11.9. The molecule has 5 nitrogen and oxygen atoms in total. The van der Waals surface area contributed by atoms with E-state index in [1.54, 1.807) is 12.1 Å². The second-order valence-electron chi connectivity index (χ2n) is 7.95. The Hall–Kier alpha value is -1.75. The van der Waals surface area contributed by atoms with Gasteiger partial charge in [0.25, 0.3) is 0 Å². The van der Waals surface area contributed by atoms with Gasteiger partial charge >= 0.3 is 5.97 Å². The number of carboxylic acids is 1. The Labute approximate surface area is 182 Å². The maximum atomic E-state index is 11.4. The minimum absolute atomic E-state index is 0.0933. The van der Waals surface area contributed by atoms with Crippen LogP contribution in [0.4, 0.5) is 0 Å². The molecular weight excluding hydrogens is 380 g/mol. The number of carboxylic acid groups (broad SMARTS) is 1. The van der Waals surface area contributed by atoms with Crippen molar-refractivity contribution in [2.75, 3.05) is 19.8 Å². The van der Waals surface area contributed by atoms with Crippen LogP contribution < -0.4 is 9.47 Å². The van der Waals surface area contributed by atoms with E-state index < -0.39 is 5.97 Å². The summed E-state index contributed by atoms with van der Waals surface area (Å²) >= 11 is 0. The van der Waals surface area contributed by atoms with E-state index in [4.69, 9.17) is 14.6 Å². The third-order valence-corrected chi connectivity index (χ3v) is 5.30. The lowest BCUT2D eigenvalue weighted by atomic mass is 10.0. The number of ether oxygens (including phenoxy) is 2. The summed E-state index contributed by atoms with van der Waals surface area (Å²) in [6, 6.07) is 4.80. The number of hydrogen-bond donors (Lipinski definition) is 2. The number of benzene rings is 1. The fourth-order valence-electron chi connectivity index (χ4n) is 3.57. The number of rotatable bonds is 20. The van der Waals surface area contributed by atoms with Gasteiger partial charge in [-0.3, -0.25) is 0 Å². The van der Waals surface area contributed by atoms with Crippen LogP contribution in [0.3, 0.4) is 0 Å². The number of aromatic carboxylic acids is 1. The van der Waals surface area contributed by atoms with Gasteiger partial charge in [0.05, 0.1) is 13.2 Å². The first-order chi connectivity index (χ1) is 14.7. The third-order valence-electron chi connectivity index (χ3n) is 5.30. The van der Waals surface area contributed by atoms with Gasteiger partial charge in [0, 0.05) is 0 Å². The summed E-state index contributed by atoms with van der Waals surface area (Å²) in [6.45, 7) is 2.71. The van der Waals surface area contributed by atoms with Crippen molar-refractivity contribution in [2.45, 2.75) is 96.8 Å². The maximum absolute atomic E-state index is 11.4. The molecule has 0 aliphatic heterocycles. The van der Waals surface area contributed by atoms with Crippen LogP contribution in [0, 0.1) is 0 Å². The molecule has 0 spiro atoms. The van der Waals surface area contributed by atoms with Crippen molar-refractivity contribution < 1.29 is 24.5 Å². The summed E-state index contributed by atoms with van der Waals surface area (Å²) in [7, 11) is 0. The Bertz CT molecular complexity index is 558. The molecule has 172 valence electrons. The van der Waals surface area contributed by atoms with Crippen molar-refractivity contribution in [3.05, 3.63) is 23.8 Å². The van der Waals surface area contributed by atoms with Crippen LogP contribution in [0.15, 0.2) is 18.2 Å². The van der Waals surface area contributed by atoms with Gasteiger partial charge in [-0.25, -0.2) is 4.79 Å². The van der Waals surface area contributed by atoms with Gasteiger partial charge in [-0.15, -0.1) is 0 Å². The van der Waals surface area contributed by atoms with Crippen molar-refractivity contribution in [1.82, 2.24) is 0 Å². The van der Waals surface area contributed by atoms with Crippen molar-refractivity contribution in [3.8, 4) is 11.5 Å².